The smallest absolute Gasteiger partial charge is 0.254 e. The highest BCUT2D eigenvalue weighted by atomic mass is 19.1. The molecule has 4 heteroatoms. The molecule has 3 nitrogen and oxygen atoms in total. The van der Waals surface area contributed by atoms with E-state index in [1.54, 1.807) is 12.1 Å². The third-order valence-electron chi connectivity index (χ3n) is 4.28. The van der Waals surface area contributed by atoms with Crippen LogP contribution in [-0.4, -0.2) is 47.4 Å². The minimum absolute atomic E-state index is 0.0587. The van der Waals surface area contributed by atoms with Gasteiger partial charge in [-0.3, -0.25) is 9.69 Å². The van der Waals surface area contributed by atoms with Crippen molar-refractivity contribution in [2.75, 3.05) is 19.6 Å². The number of amides is 1. The molecule has 1 amide bonds. The zero-order valence-corrected chi connectivity index (χ0v) is 13.3. The summed E-state index contributed by atoms with van der Waals surface area (Å²) in [6.07, 6.45) is 0. The largest absolute Gasteiger partial charge is 0.333 e. The Morgan fingerprint density at radius 1 is 1.24 bits per heavy atom. The van der Waals surface area contributed by atoms with Gasteiger partial charge in [0.15, 0.2) is 0 Å². The fourth-order valence-corrected chi connectivity index (χ4v) is 2.91. The summed E-state index contributed by atoms with van der Waals surface area (Å²) in [5, 5.41) is 0. The molecule has 116 valence electrons. The molecule has 1 heterocycles. The number of carbonyl (C=O) groups is 1. The second-order valence-corrected chi connectivity index (χ2v) is 6.41. The van der Waals surface area contributed by atoms with Crippen molar-refractivity contribution in [2.24, 2.45) is 5.92 Å². The number of benzene rings is 1. The molecule has 2 rings (SSSR count). The zero-order valence-electron chi connectivity index (χ0n) is 13.3. The van der Waals surface area contributed by atoms with E-state index >= 15 is 0 Å². The Morgan fingerprint density at radius 2 is 1.95 bits per heavy atom. The first-order chi connectivity index (χ1) is 9.90. The maximum absolute atomic E-state index is 13.3. The van der Waals surface area contributed by atoms with Crippen LogP contribution in [0.1, 0.15) is 38.1 Å². The van der Waals surface area contributed by atoms with Gasteiger partial charge in [-0.25, -0.2) is 4.39 Å². The third kappa shape index (κ3) is 3.62. The van der Waals surface area contributed by atoms with Gasteiger partial charge >= 0.3 is 0 Å². The van der Waals surface area contributed by atoms with Crippen LogP contribution in [0.4, 0.5) is 4.39 Å². The number of piperazine rings is 1. The summed E-state index contributed by atoms with van der Waals surface area (Å²) in [5.74, 6) is -0.0385. The van der Waals surface area contributed by atoms with Crippen LogP contribution in [0.5, 0.6) is 0 Å². The highest BCUT2D eigenvalue weighted by Gasteiger charge is 2.33. The molecule has 0 radical (unpaired) electrons. The van der Waals surface area contributed by atoms with Crippen LogP contribution < -0.4 is 0 Å². The molecule has 0 bridgehead atoms. The zero-order chi connectivity index (χ0) is 15.6. The van der Waals surface area contributed by atoms with Gasteiger partial charge < -0.3 is 4.90 Å². The molecule has 21 heavy (non-hydrogen) atoms. The molecule has 1 aliphatic rings. The Hall–Kier alpha value is -1.42. The summed E-state index contributed by atoms with van der Waals surface area (Å²) in [5.41, 5.74) is 0.443. The Bertz CT molecular complexity index is 501. The first-order valence-corrected chi connectivity index (χ1v) is 7.70. The van der Waals surface area contributed by atoms with Gasteiger partial charge in [-0.05, 0) is 38.0 Å². The van der Waals surface area contributed by atoms with Crippen molar-refractivity contribution in [2.45, 2.75) is 39.8 Å². The Labute approximate surface area is 126 Å². The van der Waals surface area contributed by atoms with Crippen LogP contribution in [0.3, 0.4) is 0 Å². The Balaban J connectivity index is 2.19. The summed E-state index contributed by atoms with van der Waals surface area (Å²) >= 11 is 0. The summed E-state index contributed by atoms with van der Waals surface area (Å²) in [7, 11) is 0. The van der Waals surface area contributed by atoms with E-state index in [0.29, 0.717) is 24.1 Å². The molecule has 1 aliphatic heterocycles. The van der Waals surface area contributed by atoms with Crippen LogP contribution >= 0.6 is 0 Å². The summed E-state index contributed by atoms with van der Waals surface area (Å²) < 4.78 is 13.3. The predicted octanol–water partition coefficient (Wildman–Crippen LogP) is 3.02. The lowest BCUT2D eigenvalue weighted by molar-refractivity contribution is 0.0270. The first kappa shape index (κ1) is 16.0. The van der Waals surface area contributed by atoms with Crippen molar-refractivity contribution in [1.29, 1.82) is 0 Å². The lowest BCUT2D eigenvalue weighted by atomic mass is 9.97. The van der Waals surface area contributed by atoms with E-state index in [1.807, 2.05) is 4.90 Å². The highest BCUT2D eigenvalue weighted by molar-refractivity contribution is 5.94. The van der Waals surface area contributed by atoms with Gasteiger partial charge in [0, 0.05) is 37.3 Å². The molecule has 0 spiro atoms. The predicted molar refractivity (Wildman–Crippen MR) is 82.8 cm³/mol. The van der Waals surface area contributed by atoms with Gasteiger partial charge in [-0.15, -0.1) is 0 Å². The molecule has 1 fully saturated rings. The van der Waals surface area contributed by atoms with E-state index in [4.69, 9.17) is 0 Å². The molecule has 0 aromatic heterocycles. The maximum Gasteiger partial charge on any atom is 0.254 e. The molecule has 1 atom stereocenters. The van der Waals surface area contributed by atoms with Gasteiger partial charge in [0.25, 0.3) is 5.91 Å². The van der Waals surface area contributed by atoms with Crippen molar-refractivity contribution >= 4 is 5.91 Å². The van der Waals surface area contributed by atoms with E-state index in [-0.39, 0.29) is 17.8 Å². The molecule has 1 saturated heterocycles. The topological polar surface area (TPSA) is 23.6 Å². The molecule has 0 saturated carbocycles. The van der Waals surface area contributed by atoms with E-state index in [9.17, 15) is 9.18 Å². The minimum Gasteiger partial charge on any atom is -0.333 e. The molecular formula is C17H25FN2O. The molecule has 1 aromatic rings. The second-order valence-electron chi connectivity index (χ2n) is 6.41. The molecule has 1 unspecified atom stereocenters. The fourth-order valence-electron chi connectivity index (χ4n) is 2.91. The first-order valence-electron chi connectivity index (χ1n) is 7.70. The van der Waals surface area contributed by atoms with Crippen LogP contribution in [0.25, 0.3) is 0 Å². The van der Waals surface area contributed by atoms with Crippen LogP contribution in [0.2, 0.25) is 0 Å². The molecule has 1 aromatic carbocycles. The van der Waals surface area contributed by atoms with Crippen molar-refractivity contribution in [1.82, 2.24) is 9.80 Å². The summed E-state index contributed by atoms with van der Waals surface area (Å²) in [6, 6.07) is 6.64. The molecular weight excluding hydrogens is 267 g/mol. The quantitative estimate of drug-likeness (QED) is 0.855. The summed E-state index contributed by atoms with van der Waals surface area (Å²) in [4.78, 5) is 17.0. The minimum atomic E-state index is -0.359. The van der Waals surface area contributed by atoms with E-state index in [1.165, 1.54) is 12.1 Å². The van der Waals surface area contributed by atoms with Gasteiger partial charge in [0.1, 0.15) is 5.82 Å². The monoisotopic (exact) mass is 292 g/mol. The number of hydrogen-bond donors (Lipinski definition) is 0. The van der Waals surface area contributed by atoms with Crippen LogP contribution in [0, 0.1) is 11.7 Å². The van der Waals surface area contributed by atoms with Gasteiger partial charge in [-0.1, -0.05) is 19.9 Å². The third-order valence-corrected chi connectivity index (χ3v) is 4.28. The van der Waals surface area contributed by atoms with Crippen molar-refractivity contribution in [3.05, 3.63) is 35.6 Å². The number of carbonyl (C=O) groups excluding carboxylic acids is 1. The average Bonchev–Trinajstić information content (AvgIpc) is 2.45. The Morgan fingerprint density at radius 3 is 2.52 bits per heavy atom. The van der Waals surface area contributed by atoms with Gasteiger partial charge in [0.05, 0.1) is 0 Å². The fraction of sp³-hybridized carbons (Fsp3) is 0.588. The van der Waals surface area contributed by atoms with Crippen LogP contribution in [0.15, 0.2) is 24.3 Å². The standard InChI is InChI=1S/C17H25FN2O/c1-12(2)16-11-19(13(3)4)8-9-20(16)17(21)14-6-5-7-15(18)10-14/h5-7,10,12-13,16H,8-9,11H2,1-4H3. The number of rotatable bonds is 3. The summed E-state index contributed by atoms with van der Waals surface area (Å²) in [6.45, 7) is 11.1. The normalized spacial score (nSPS) is 20.3. The number of nitrogens with zero attached hydrogens (tertiary/aromatic N) is 2. The van der Waals surface area contributed by atoms with E-state index in [0.717, 1.165) is 13.1 Å². The maximum atomic E-state index is 13.3. The van der Waals surface area contributed by atoms with E-state index in [2.05, 4.69) is 32.6 Å². The highest BCUT2D eigenvalue weighted by Crippen LogP contribution is 2.21. The average molecular weight is 292 g/mol. The Kier molecular flexibility index (Phi) is 4.99. The van der Waals surface area contributed by atoms with E-state index < -0.39 is 0 Å². The number of halogens is 1. The van der Waals surface area contributed by atoms with Crippen molar-refractivity contribution in [3.63, 3.8) is 0 Å². The lowest BCUT2D eigenvalue weighted by Gasteiger charge is -2.45. The number of hydrogen-bond acceptors (Lipinski definition) is 2. The lowest BCUT2D eigenvalue weighted by Crippen LogP contribution is -2.58. The second kappa shape index (κ2) is 6.56. The SMILES string of the molecule is CC(C)C1CN(C(C)C)CCN1C(=O)c1cccc(F)c1. The molecule has 0 N–H and O–H groups in total. The van der Waals surface area contributed by atoms with Crippen LogP contribution in [-0.2, 0) is 0 Å². The van der Waals surface area contributed by atoms with Crippen molar-refractivity contribution < 1.29 is 9.18 Å². The molecule has 0 aliphatic carbocycles. The van der Waals surface area contributed by atoms with Gasteiger partial charge in [0.2, 0.25) is 0 Å². The van der Waals surface area contributed by atoms with Gasteiger partial charge in [-0.2, -0.15) is 0 Å². The van der Waals surface area contributed by atoms with Crippen molar-refractivity contribution in [3.8, 4) is 0 Å².